The molecular weight excluding hydrogens is 158 g/mol. The molecule has 3 atom stereocenters. The van der Waals surface area contributed by atoms with E-state index in [1.165, 1.54) is 0 Å². The second-order valence-electron chi connectivity index (χ2n) is 3.74. The van der Waals surface area contributed by atoms with Crippen LogP contribution in [0.2, 0.25) is 0 Å². The molecule has 1 aliphatic heterocycles. The van der Waals surface area contributed by atoms with Gasteiger partial charge in [0.1, 0.15) is 0 Å². The van der Waals surface area contributed by atoms with Gasteiger partial charge in [-0.15, -0.1) is 0 Å². The van der Waals surface area contributed by atoms with Gasteiger partial charge in [0.15, 0.2) is 0 Å². The third kappa shape index (κ3) is 1.25. The largest absolute Gasteiger partial charge is 0.395 e. The fraction of sp³-hybridized carbons (Fsp3) is 1.00. The maximum atomic E-state index is 9.45. The lowest BCUT2D eigenvalue weighted by molar-refractivity contribution is 0.0210. The highest BCUT2D eigenvalue weighted by Crippen LogP contribution is 2.33. The molecule has 70 valence electrons. The van der Waals surface area contributed by atoms with Gasteiger partial charge in [0.2, 0.25) is 0 Å². The summed E-state index contributed by atoms with van der Waals surface area (Å²) in [5.41, 5.74) is 0. The van der Waals surface area contributed by atoms with Crippen molar-refractivity contribution < 1.29 is 15.3 Å². The van der Waals surface area contributed by atoms with E-state index in [4.69, 9.17) is 5.11 Å². The number of β-amino-alcohol motifs (C(OH)–C–C–N with tert-alkyl or cyclic N) is 1. The average molecular weight is 173 g/mol. The van der Waals surface area contributed by atoms with Crippen molar-refractivity contribution in [2.24, 2.45) is 0 Å². The summed E-state index contributed by atoms with van der Waals surface area (Å²) in [4.78, 5) is 2.02. The maximum Gasteiger partial charge on any atom is 0.0988 e. The fourth-order valence-corrected chi connectivity index (χ4v) is 1.95. The Bertz CT molecular complexity index is 172. The number of likely N-dealkylation sites (tertiary alicyclic amines) is 1. The molecule has 2 rings (SSSR count). The highest BCUT2D eigenvalue weighted by Gasteiger charge is 2.45. The Hall–Kier alpha value is -0.160. The van der Waals surface area contributed by atoms with Crippen LogP contribution in [-0.4, -0.2) is 57.7 Å². The zero-order valence-electron chi connectivity index (χ0n) is 6.93. The molecule has 0 aromatic heterocycles. The van der Waals surface area contributed by atoms with Gasteiger partial charge in [-0.25, -0.2) is 0 Å². The predicted octanol–water partition coefficient (Wildman–Crippen LogP) is -1.45. The molecule has 1 saturated heterocycles. The summed E-state index contributed by atoms with van der Waals surface area (Å²) in [5.74, 6) is 0. The first kappa shape index (κ1) is 8.44. The van der Waals surface area contributed by atoms with E-state index in [1.54, 1.807) is 0 Å². The third-order valence-corrected chi connectivity index (χ3v) is 2.82. The Morgan fingerprint density at radius 1 is 1.25 bits per heavy atom. The van der Waals surface area contributed by atoms with Crippen LogP contribution in [0.3, 0.4) is 0 Å². The number of nitrogens with zero attached hydrogens (tertiary/aromatic N) is 1. The van der Waals surface area contributed by atoms with Crippen molar-refractivity contribution in [1.29, 1.82) is 0 Å². The van der Waals surface area contributed by atoms with Gasteiger partial charge in [-0.3, -0.25) is 4.90 Å². The zero-order chi connectivity index (χ0) is 8.72. The first-order valence-electron chi connectivity index (χ1n) is 4.46. The molecule has 4 nitrogen and oxygen atoms in total. The van der Waals surface area contributed by atoms with E-state index < -0.39 is 12.2 Å². The minimum atomic E-state index is -0.768. The van der Waals surface area contributed by atoms with Crippen molar-refractivity contribution in [3.63, 3.8) is 0 Å². The Labute approximate surface area is 71.4 Å². The molecule has 0 bridgehead atoms. The second kappa shape index (κ2) is 2.96. The summed E-state index contributed by atoms with van der Waals surface area (Å²) >= 11 is 0. The molecule has 1 aliphatic carbocycles. The van der Waals surface area contributed by atoms with Crippen molar-refractivity contribution in [2.45, 2.75) is 37.1 Å². The zero-order valence-corrected chi connectivity index (χ0v) is 6.93. The number of hydrogen-bond acceptors (Lipinski definition) is 4. The van der Waals surface area contributed by atoms with Crippen molar-refractivity contribution in [3.8, 4) is 0 Å². The molecule has 4 heteroatoms. The molecule has 2 fully saturated rings. The van der Waals surface area contributed by atoms with Gasteiger partial charge in [0, 0.05) is 12.6 Å². The minimum Gasteiger partial charge on any atom is -0.395 e. The smallest absolute Gasteiger partial charge is 0.0988 e. The van der Waals surface area contributed by atoms with Crippen molar-refractivity contribution in [1.82, 2.24) is 4.90 Å². The molecule has 0 radical (unpaired) electrons. The van der Waals surface area contributed by atoms with Crippen LogP contribution in [0.1, 0.15) is 12.8 Å². The summed E-state index contributed by atoms with van der Waals surface area (Å²) in [5, 5.41) is 27.8. The highest BCUT2D eigenvalue weighted by atomic mass is 16.3. The van der Waals surface area contributed by atoms with E-state index >= 15 is 0 Å². The maximum absolute atomic E-state index is 9.45. The first-order valence-corrected chi connectivity index (χ1v) is 4.46. The standard InChI is InChI=1S/C8H15NO3/c10-4-6-8(12)7(11)3-9(6)5-1-2-5/h5-8,10-12H,1-4H2/t6-,7-,8-/m1/s1. The Balaban J connectivity index is 2.03. The Morgan fingerprint density at radius 3 is 2.42 bits per heavy atom. The third-order valence-electron chi connectivity index (χ3n) is 2.82. The number of rotatable bonds is 2. The second-order valence-corrected chi connectivity index (χ2v) is 3.74. The van der Waals surface area contributed by atoms with Crippen LogP contribution in [0.4, 0.5) is 0 Å². The van der Waals surface area contributed by atoms with Crippen LogP contribution in [0.25, 0.3) is 0 Å². The molecule has 0 amide bonds. The Morgan fingerprint density at radius 2 is 1.92 bits per heavy atom. The Kier molecular flexibility index (Phi) is 2.08. The van der Waals surface area contributed by atoms with Gasteiger partial charge in [-0.05, 0) is 12.8 Å². The van der Waals surface area contributed by atoms with E-state index in [0.717, 1.165) is 12.8 Å². The van der Waals surface area contributed by atoms with Gasteiger partial charge in [0.05, 0.1) is 24.9 Å². The quantitative estimate of drug-likeness (QED) is 0.478. The monoisotopic (exact) mass is 173 g/mol. The molecule has 0 unspecified atom stereocenters. The highest BCUT2D eigenvalue weighted by molar-refractivity contribution is 4.99. The van der Waals surface area contributed by atoms with Crippen LogP contribution in [0, 0.1) is 0 Å². The predicted molar refractivity (Wildman–Crippen MR) is 42.6 cm³/mol. The van der Waals surface area contributed by atoms with Gasteiger partial charge < -0.3 is 15.3 Å². The lowest BCUT2D eigenvalue weighted by atomic mass is 10.1. The molecule has 1 heterocycles. The topological polar surface area (TPSA) is 63.9 Å². The van der Waals surface area contributed by atoms with Crippen LogP contribution in [0.15, 0.2) is 0 Å². The molecule has 0 aromatic rings. The molecule has 3 N–H and O–H groups in total. The average Bonchev–Trinajstić information content (AvgIpc) is 2.82. The number of hydrogen-bond donors (Lipinski definition) is 3. The van der Waals surface area contributed by atoms with Crippen molar-refractivity contribution >= 4 is 0 Å². The molecular formula is C8H15NO3. The first-order chi connectivity index (χ1) is 5.74. The van der Waals surface area contributed by atoms with Crippen LogP contribution >= 0.6 is 0 Å². The van der Waals surface area contributed by atoms with Crippen molar-refractivity contribution in [3.05, 3.63) is 0 Å². The summed E-state index contributed by atoms with van der Waals surface area (Å²) < 4.78 is 0. The van der Waals surface area contributed by atoms with Gasteiger partial charge in [-0.2, -0.15) is 0 Å². The minimum absolute atomic E-state index is 0.0608. The van der Waals surface area contributed by atoms with Gasteiger partial charge >= 0.3 is 0 Å². The van der Waals surface area contributed by atoms with E-state index in [9.17, 15) is 10.2 Å². The molecule has 12 heavy (non-hydrogen) atoms. The van der Waals surface area contributed by atoms with Crippen LogP contribution in [0.5, 0.6) is 0 Å². The summed E-state index contributed by atoms with van der Waals surface area (Å²) in [7, 11) is 0. The normalized spacial score (nSPS) is 43.8. The molecule has 2 aliphatic rings. The van der Waals surface area contributed by atoms with E-state index in [1.807, 2.05) is 4.90 Å². The molecule has 0 spiro atoms. The molecule has 0 aromatic carbocycles. The number of aliphatic hydroxyl groups is 3. The summed E-state index contributed by atoms with van der Waals surface area (Å²) in [6, 6.07) is 0.251. The van der Waals surface area contributed by atoms with E-state index in [2.05, 4.69) is 0 Å². The van der Waals surface area contributed by atoms with Crippen molar-refractivity contribution in [2.75, 3.05) is 13.2 Å². The number of aliphatic hydroxyl groups excluding tert-OH is 3. The van der Waals surface area contributed by atoms with Gasteiger partial charge in [0.25, 0.3) is 0 Å². The lowest BCUT2D eigenvalue weighted by Crippen LogP contribution is -2.40. The van der Waals surface area contributed by atoms with Gasteiger partial charge in [-0.1, -0.05) is 0 Å². The SMILES string of the molecule is OC[C@@H]1[C@@H](O)[C@H](O)CN1C1CC1. The lowest BCUT2D eigenvalue weighted by Gasteiger charge is -2.23. The summed E-state index contributed by atoms with van der Waals surface area (Å²) in [6.45, 7) is 0.450. The van der Waals surface area contributed by atoms with Crippen LogP contribution < -0.4 is 0 Å². The summed E-state index contributed by atoms with van der Waals surface area (Å²) in [6.07, 6.45) is 0.824. The fourth-order valence-electron chi connectivity index (χ4n) is 1.95. The van der Waals surface area contributed by atoms with E-state index in [0.29, 0.717) is 12.6 Å². The van der Waals surface area contributed by atoms with Crippen LogP contribution in [-0.2, 0) is 0 Å². The van der Waals surface area contributed by atoms with E-state index in [-0.39, 0.29) is 12.6 Å². The molecule has 1 saturated carbocycles.